The van der Waals surface area contributed by atoms with Gasteiger partial charge in [-0.2, -0.15) is 0 Å². The summed E-state index contributed by atoms with van der Waals surface area (Å²) in [4.78, 5) is 27.7. The second-order valence-electron chi connectivity index (χ2n) is 7.75. The molecule has 0 radical (unpaired) electrons. The van der Waals surface area contributed by atoms with Crippen LogP contribution in [-0.2, 0) is 0 Å². The van der Waals surface area contributed by atoms with Crippen molar-refractivity contribution in [1.82, 2.24) is 5.32 Å². The largest absolute Gasteiger partial charge is 0.322 e. The van der Waals surface area contributed by atoms with Crippen molar-refractivity contribution in [2.45, 2.75) is 19.4 Å². The number of nitrogens with zero attached hydrogens (tertiary/aromatic N) is 1. The smallest absolute Gasteiger partial charge is 0.259 e. The number of nitrogens with one attached hydrogen (secondary N) is 2. The van der Waals surface area contributed by atoms with E-state index >= 15 is 0 Å². The Morgan fingerprint density at radius 2 is 1.78 bits per heavy atom. The number of hydrogen-bond acceptors (Lipinski definition) is 3. The first-order valence-electron chi connectivity index (χ1n) is 10.3. The van der Waals surface area contributed by atoms with Crippen LogP contribution in [0.3, 0.4) is 0 Å². The number of rotatable bonds is 4. The highest BCUT2D eigenvalue weighted by Gasteiger charge is 2.29. The van der Waals surface area contributed by atoms with Crippen molar-refractivity contribution in [2.24, 2.45) is 0 Å². The molecule has 1 aliphatic rings. The summed E-state index contributed by atoms with van der Waals surface area (Å²) in [6.07, 6.45) is 0.762. The Kier molecular flexibility index (Phi) is 6.51. The maximum Gasteiger partial charge on any atom is 0.259 e. The van der Waals surface area contributed by atoms with Crippen LogP contribution in [-0.4, -0.2) is 25.4 Å². The highest BCUT2D eigenvalue weighted by Crippen LogP contribution is 2.37. The Morgan fingerprint density at radius 1 is 1.00 bits per heavy atom. The predicted octanol–water partition coefficient (Wildman–Crippen LogP) is 5.87. The molecule has 0 aliphatic carbocycles. The van der Waals surface area contributed by atoms with Gasteiger partial charge in [0.2, 0.25) is 0 Å². The number of halogens is 2. The Labute approximate surface area is 197 Å². The third-order valence-electron chi connectivity index (χ3n) is 5.74. The summed E-state index contributed by atoms with van der Waals surface area (Å²) in [5.74, 6) is -0.414. The molecule has 4 rings (SSSR count). The molecule has 3 aromatic carbocycles. The topological polar surface area (TPSA) is 61.4 Å². The zero-order valence-electron chi connectivity index (χ0n) is 17.8. The lowest BCUT2D eigenvalue weighted by molar-refractivity contribution is 0.0982. The Balaban J connectivity index is 1.58. The van der Waals surface area contributed by atoms with Crippen molar-refractivity contribution in [3.05, 3.63) is 93.0 Å². The van der Waals surface area contributed by atoms with E-state index in [2.05, 4.69) is 10.6 Å². The maximum absolute atomic E-state index is 13.4. The molecule has 1 unspecified atom stereocenters. The van der Waals surface area contributed by atoms with Crippen LogP contribution in [0.15, 0.2) is 60.7 Å². The molecule has 5 nitrogen and oxygen atoms in total. The van der Waals surface area contributed by atoms with Gasteiger partial charge in [-0.15, -0.1) is 0 Å². The van der Waals surface area contributed by atoms with Crippen LogP contribution >= 0.6 is 23.2 Å². The third-order valence-corrected chi connectivity index (χ3v) is 6.29. The molecule has 2 N–H and O–H groups in total. The Morgan fingerprint density at radius 3 is 2.50 bits per heavy atom. The highest BCUT2D eigenvalue weighted by atomic mass is 35.5. The summed E-state index contributed by atoms with van der Waals surface area (Å²) in [6, 6.07) is 18.0. The van der Waals surface area contributed by atoms with E-state index in [1.165, 1.54) is 0 Å². The van der Waals surface area contributed by atoms with Crippen LogP contribution in [0.4, 0.5) is 11.4 Å². The van der Waals surface area contributed by atoms with E-state index in [0.29, 0.717) is 28.4 Å². The standard InChI is InChI=1S/C25H23Cl2N3O2/c1-15-5-3-4-6-18(15)24(31)29-17-8-9-19(21(27)14-17)25(32)30-12-11-22(28-2)20-13-16(26)7-10-23(20)30/h3-10,13-14,22,28H,11-12H2,1-2H3,(H,29,31). The number of aryl methyl sites for hydroxylation is 1. The molecule has 1 aliphatic heterocycles. The Bertz CT molecular complexity index is 1200. The van der Waals surface area contributed by atoms with E-state index in [0.717, 1.165) is 23.2 Å². The van der Waals surface area contributed by atoms with Gasteiger partial charge in [-0.25, -0.2) is 0 Å². The van der Waals surface area contributed by atoms with Crippen molar-refractivity contribution in [3.8, 4) is 0 Å². The van der Waals surface area contributed by atoms with Gasteiger partial charge in [0, 0.05) is 34.5 Å². The fourth-order valence-corrected chi connectivity index (χ4v) is 4.47. The second-order valence-corrected chi connectivity index (χ2v) is 8.60. The van der Waals surface area contributed by atoms with Crippen LogP contribution in [0.1, 0.15) is 44.3 Å². The van der Waals surface area contributed by atoms with Gasteiger partial charge in [0.15, 0.2) is 0 Å². The molecule has 1 heterocycles. The van der Waals surface area contributed by atoms with E-state index in [9.17, 15) is 9.59 Å². The minimum absolute atomic E-state index is 0.127. The second kappa shape index (κ2) is 9.33. The molecular formula is C25H23Cl2N3O2. The molecule has 0 bridgehead atoms. The van der Waals surface area contributed by atoms with Crippen LogP contribution in [0.2, 0.25) is 10.0 Å². The minimum atomic E-state index is -0.224. The quantitative estimate of drug-likeness (QED) is 0.504. The van der Waals surface area contributed by atoms with Gasteiger partial charge < -0.3 is 15.5 Å². The molecule has 0 saturated carbocycles. The molecule has 7 heteroatoms. The van der Waals surface area contributed by atoms with Gasteiger partial charge in [0.25, 0.3) is 11.8 Å². The normalized spacial score (nSPS) is 15.2. The van der Waals surface area contributed by atoms with Crippen molar-refractivity contribution in [2.75, 3.05) is 23.8 Å². The summed E-state index contributed by atoms with van der Waals surface area (Å²) in [7, 11) is 1.90. The molecular weight excluding hydrogens is 445 g/mol. The highest BCUT2D eigenvalue weighted by molar-refractivity contribution is 6.35. The van der Waals surface area contributed by atoms with Crippen LogP contribution < -0.4 is 15.5 Å². The number of fused-ring (bicyclic) bond motifs is 1. The summed E-state index contributed by atoms with van der Waals surface area (Å²) < 4.78 is 0. The first-order chi connectivity index (χ1) is 15.4. The summed E-state index contributed by atoms with van der Waals surface area (Å²) in [6.45, 7) is 2.44. The molecule has 164 valence electrons. The number of amides is 2. The van der Waals surface area contributed by atoms with Gasteiger partial charge in [-0.05, 0) is 74.0 Å². The lowest BCUT2D eigenvalue weighted by Gasteiger charge is -2.34. The van der Waals surface area contributed by atoms with Crippen molar-refractivity contribution in [1.29, 1.82) is 0 Å². The molecule has 2 amide bonds. The van der Waals surface area contributed by atoms with Gasteiger partial charge in [-0.1, -0.05) is 41.4 Å². The third kappa shape index (κ3) is 4.37. The van der Waals surface area contributed by atoms with Gasteiger partial charge in [-0.3, -0.25) is 9.59 Å². The Hall–Kier alpha value is -2.86. The zero-order chi connectivity index (χ0) is 22.8. The summed E-state index contributed by atoms with van der Waals surface area (Å²) >= 11 is 12.7. The monoisotopic (exact) mass is 467 g/mol. The number of carbonyl (C=O) groups is 2. The number of anilines is 2. The molecule has 0 aromatic heterocycles. The molecule has 0 saturated heterocycles. The number of hydrogen-bond donors (Lipinski definition) is 2. The van der Waals surface area contributed by atoms with E-state index in [1.807, 2.05) is 44.3 Å². The zero-order valence-corrected chi connectivity index (χ0v) is 19.3. The summed E-state index contributed by atoms with van der Waals surface area (Å²) in [5.41, 5.74) is 4.18. The van der Waals surface area contributed by atoms with E-state index in [1.54, 1.807) is 35.2 Å². The average molecular weight is 468 g/mol. The average Bonchev–Trinajstić information content (AvgIpc) is 2.78. The minimum Gasteiger partial charge on any atom is -0.322 e. The molecule has 3 aromatic rings. The van der Waals surface area contributed by atoms with E-state index in [-0.39, 0.29) is 22.9 Å². The molecule has 1 atom stereocenters. The number of carbonyl (C=O) groups excluding carboxylic acids is 2. The van der Waals surface area contributed by atoms with Crippen LogP contribution in [0.25, 0.3) is 0 Å². The van der Waals surface area contributed by atoms with Crippen molar-refractivity contribution >= 4 is 46.4 Å². The van der Waals surface area contributed by atoms with Crippen LogP contribution in [0.5, 0.6) is 0 Å². The van der Waals surface area contributed by atoms with Crippen molar-refractivity contribution in [3.63, 3.8) is 0 Å². The molecule has 0 spiro atoms. The van der Waals surface area contributed by atoms with Gasteiger partial charge in [0.1, 0.15) is 0 Å². The van der Waals surface area contributed by atoms with Crippen LogP contribution in [0, 0.1) is 6.92 Å². The van der Waals surface area contributed by atoms with E-state index < -0.39 is 0 Å². The van der Waals surface area contributed by atoms with Gasteiger partial charge in [0.05, 0.1) is 10.6 Å². The fourth-order valence-electron chi connectivity index (χ4n) is 4.03. The lowest BCUT2D eigenvalue weighted by atomic mass is 9.95. The first kappa shape index (κ1) is 22.3. The molecule has 32 heavy (non-hydrogen) atoms. The predicted molar refractivity (Wildman–Crippen MR) is 130 cm³/mol. The maximum atomic E-state index is 13.4. The SMILES string of the molecule is CNC1CCN(C(=O)c2ccc(NC(=O)c3ccccc3C)cc2Cl)c2ccc(Cl)cc21. The van der Waals surface area contributed by atoms with E-state index in [4.69, 9.17) is 23.2 Å². The summed E-state index contributed by atoms with van der Waals surface area (Å²) in [5, 5.41) is 7.04. The van der Waals surface area contributed by atoms with Gasteiger partial charge >= 0.3 is 0 Å². The molecule has 0 fully saturated rings. The number of benzene rings is 3. The fraction of sp³-hybridized carbons (Fsp3) is 0.200. The lowest BCUT2D eigenvalue weighted by Crippen LogP contribution is -2.39. The van der Waals surface area contributed by atoms with Crippen molar-refractivity contribution < 1.29 is 9.59 Å². The first-order valence-corrected chi connectivity index (χ1v) is 11.1.